The number of unbranched alkanes of at least 4 members (excludes halogenated alkanes) is 3. The Balaban J connectivity index is 2.49. The Hall–Kier alpha value is -1.01. The number of benzene rings is 1. The molecular weight excluding hydrogens is 486 g/mol. The van der Waals surface area contributed by atoms with E-state index in [4.69, 9.17) is 14.3 Å². The SMILES string of the molecule is CC(C)=NOCCCCCCOc1c(C)cc(OCC=C(Br)Br)cc1C(C)C. The smallest absolute Gasteiger partial charge is 0.125 e. The van der Waals surface area contributed by atoms with Crippen LogP contribution in [-0.4, -0.2) is 25.5 Å². The molecule has 28 heavy (non-hydrogen) atoms. The fourth-order valence-corrected chi connectivity index (χ4v) is 2.91. The van der Waals surface area contributed by atoms with Gasteiger partial charge in [0.25, 0.3) is 0 Å². The quantitative estimate of drug-likeness (QED) is 0.154. The number of ether oxygens (including phenoxy) is 2. The number of halogens is 2. The molecule has 0 radical (unpaired) electrons. The van der Waals surface area contributed by atoms with Crippen molar-refractivity contribution in [2.24, 2.45) is 5.16 Å². The summed E-state index contributed by atoms with van der Waals surface area (Å²) >= 11 is 6.68. The molecule has 0 atom stereocenters. The topological polar surface area (TPSA) is 40.0 Å². The second-order valence-corrected chi connectivity index (χ2v) is 10.0. The number of aryl methyl sites for hydroxylation is 1. The molecule has 0 bridgehead atoms. The van der Waals surface area contributed by atoms with Crippen LogP contribution >= 0.6 is 31.9 Å². The van der Waals surface area contributed by atoms with Gasteiger partial charge in [-0.15, -0.1) is 0 Å². The van der Waals surface area contributed by atoms with Crippen LogP contribution in [0.1, 0.15) is 70.4 Å². The molecule has 0 saturated heterocycles. The maximum absolute atomic E-state index is 6.15. The van der Waals surface area contributed by atoms with Crippen LogP contribution in [0.15, 0.2) is 26.8 Å². The molecule has 158 valence electrons. The first-order valence-electron chi connectivity index (χ1n) is 9.85. The van der Waals surface area contributed by atoms with Crippen LogP contribution in [0.5, 0.6) is 11.5 Å². The van der Waals surface area contributed by atoms with Crippen molar-refractivity contribution in [3.63, 3.8) is 0 Å². The molecule has 0 saturated carbocycles. The van der Waals surface area contributed by atoms with E-state index < -0.39 is 0 Å². The Bertz CT molecular complexity index is 649. The highest BCUT2D eigenvalue weighted by atomic mass is 79.9. The largest absolute Gasteiger partial charge is 0.493 e. The first-order valence-corrected chi connectivity index (χ1v) is 11.4. The second kappa shape index (κ2) is 14.0. The fraction of sp³-hybridized carbons (Fsp3) is 0.591. The minimum Gasteiger partial charge on any atom is -0.493 e. The van der Waals surface area contributed by atoms with Crippen molar-refractivity contribution in [2.75, 3.05) is 19.8 Å². The molecule has 0 spiro atoms. The minimum atomic E-state index is 0.371. The van der Waals surface area contributed by atoms with Gasteiger partial charge in [-0.25, -0.2) is 0 Å². The molecule has 0 aliphatic heterocycles. The molecule has 1 rings (SSSR count). The van der Waals surface area contributed by atoms with Crippen LogP contribution < -0.4 is 9.47 Å². The predicted octanol–water partition coefficient (Wildman–Crippen LogP) is 7.48. The zero-order valence-corrected chi connectivity index (χ0v) is 20.9. The van der Waals surface area contributed by atoms with Crippen LogP contribution in [0, 0.1) is 6.92 Å². The van der Waals surface area contributed by atoms with Gasteiger partial charge in [0, 0.05) is 5.56 Å². The highest BCUT2D eigenvalue weighted by Crippen LogP contribution is 2.34. The third kappa shape index (κ3) is 10.5. The lowest BCUT2D eigenvalue weighted by Crippen LogP contribution is -2.05. The maximum Gasteiger partial charge on any atom is 0.125 e. The van der Waals surface area contributed by atoms with Gasteiger partial charge in [-0.3, -0.25) is 0 Å². The number of oxime groups is 1. The van der Waals surface area contributed by atoms with Gasteiger partial charge in [-0.2, -0.15) is 0 Å². The molecule has 4 nitrogen and oxygen atoms in total. The molecule has 0 aromatic heterocycles. The number of hydrogen-bond acceptors (Lipinski definition) is 4. The molecule has 0 heterocycles. The highest BCUT2D eigenvalue weighted by molar-refractivity contribution is 9.28. The van der Waals surface area contributed by atoms with E-state index in [2.05, 4.69) is 63.9 Å². The van der Waals surface area contributed by atoms with E-state index in [0.717, 1.165) is 58.5 Å². The van der Waals surface area contributed by atoms with Crippen molar-refractivity contribution in [1.82, 2.24) is 0 Å². The first kappa shape index (κ1) is 25.0. The molecule has 0 aliphatic rings. The van der Waals surface area contributed by atoms with Gasteiger partial charge in [0.15, 0.2) is 0 Å². The Kier molecular flexibility index (Phi) is 12.6. The van der Waals surface area contributed by atoms with E-state index in [-0.39, 0.29) is 0 Å². The van der Waals surface area contributed by atoms with Gasteiger partial charge < -0.3 is 14.3 Å². The summed E-state index contributed by atoms with van der Waals surface area (Å²) in [5, 5.41) is 3.94. The summed E-state index contributed by atoms with van der Waals surface area (Å²) in [6.45, 7) is 12.2. The highest BCUT2D eigenvalue weighted by Gasteiger charge is 2.13. The second-order valence-electron chi connectivity index (χ2n) is 7.25. The molecule has 1 aromatic carbocycles. The normalized spacial score (nSPS) is 10.6. The van der Waals surface area contributed by atoms with E-state index in [9.17, 15) is 0 Å². The fourth-order valence-electron chi connectivity index (χ4n) is 2.65. The van der Waals surface area contributed by atoms with Crippen molar-refractivity contribution in [2.45, 2.75) is 66.2 Å². The van der Waals surface area contributed by atoms with Gasteiger partial charge in [0.05, 0.1) is 15.7 Å². The standard InChI is InChI=1S/C22H33Br2NO3/c1-16(2)20-15-19(26-13-10-21(23)24)14-18(5)22(20)27-11-8-6-7-9-12-28-25-17(3)4/h10,14-16H,6-9,11-13H2,1-5H3. The molecule has 0 aliphatic carbocycles. The molecule has 6 heteroatoms. The average molecular weight is 519 g/mol. The van der Waals surface area contributed by atoms with Crippen molar-refractivity contribution in [3.8, 4) is 11.5 Å². The predicted molar refractivity (Wildman–Crippen MR) is 125 cm³/mol. The Labute approximate surface area is 187 Å². The zero-order valence-electron chi connectivity index (χ0n) is 17.7. The van der Waals surface area contributed by atoms with E-state index in [0.29, 0.717) is 19.1 Å². The van der Waals surface area contributed by atoms with Gasteiger partial charge >= 0.3 is 0 Å². The van der Waals surface area contributed by atoms with Crippen LogP contribution in [0.2, 0.25) is 0 Å². The molecule has 0 N–H and O–H groups in total. The third-order valence-corrected chi connectivity index (χ3v) is 4.66. The molecule has 0 fully saturated rings. The number of rotatable bonds is 13. The Morgan fingerprint density at radius 3 is 2.32 bits per heavy atom. The van der Waals surface area contributed by atoms with Gasteiger partial charge in [-0.1, -0.05) is 19.0 Å². The minimum absolute atomic E-state index is 0.371. The van der Waals surface area contributed by atoms with Crippen LogP contribution in [-0.2, 0) is 4.84 Å². The lowest BCUT2D eigenvalue weighted by Gasteiger charge is -2.18. The molecular formula is C22H33Br2NO3. The Morgan fingerprint density at radius 2 is 1.71 bits per heavy atom. The zero-order chi connectivity index (χ0) is 20.9. The lowest BCUT2D eigenvalue weighted by molar-refractivity contribution is 0.139. The van der Waals surface area contributed by atoms with Crippen LogP contribution in [0.25, 0.3) is 0 Å². The Morgan fingerprint density at radius 1 is 1.04 bits per heavy atom. The maximum atomic E-state index is 6.15. The summed E-state index contributed by atoms with van der Waals surface area (Å²) in [5.41, 5.74) is 3.26. The summed E-state index contributed by atoms with van der Waals surface area (Å²) in [6.07, 6.45) is 6.24. The summed E-state index contributed by atoms with van der Waals surface area (Å²) in [5.74, 6) is 2.24. The van der Waals surface area contributed by atoms with Gasteiger partial charge in [0.1, 0.15) is 24.7 Å². The lowest BCUT2D eigenvalue weighted by atomic mass is 9.99. The van der Waals surface area contributed by atoms with Crippen molar-refractivity contribution in [3.05, 3.63) is 32.7 Å². The summed E-state index contributed by atoms with van der Waals surface area (Å²) < 4.78 is 12.9. The third-order valence-electron chi connectivity index (χ3n) is 4.01. The van der Waals surface area contributed by atoms with Gasteiger partial charge in [-0.05, 0) is 108 Å². The number of nitrogens with zero attached hydrogens (tertiary/aromatic N) is 1. The molecule has 1 aromatic rings. The summed E-state index contributed by atoms with van der Waals surface area (Å²) in [6, 6.07) is 4.14. The summed E-state index contributed by atoms with van der Waals surface area (Å²) in [4.78, 5) is 5.22. The van der Waals surface area contributed by atoms with E-state index in [1.54, 1.807) is 0 Å². The monoisotopic (exact) mass is 517 g/mol. The molecule has 0 unspecified atom stereocenters. The number of hydrogen-bond donors (Lipinski definition) is 0. The average Bonchev–Trinajstić information content (AvgIpc) is 2.60. The summed E-state index contributed by atoms with van der Waals surface area (Å²) in [7, 11) is 0. The van der Waals surface area contributed by atoms with E-state index in [1.807, 2.05) is 26.0 Å². The van der Waals surface area contributed by atoms with E-state index >= 15 is 0 Å². The molecule has 0 amide bonds. The van der Waals surface area contributed by atoms with Crippen molar-refractivity contribution >= 4 is 37.6 Å². The van der Waals surface area contributed by atoms with Crippen molar-refractivity contribution < 1.29 is 14.3 Å². The van der Waals surface area contributed by atoms with E-state index in [1.165, 1.54) is 5.56 Å². The van der Waals surface area contributed by atoms with Crippen LogP contribution in [0.3, 0.4) is 0 Å². The van der Waals surface area contributed by atoms with Crippen molar-refractivity contribution in [1.29, 1.82) is 0 Å². The first-order chi connectivity index (χ1) is 13.3. The van der Waals surface area contributed by atoms with Crippen LogP contribution in [0.4, 0.5) is 0 Å². The van der Waals surface area contributed by atoms with Gasteiger partial charge in [0.2, 0.25) is 0 Å².